The molecule has 1 aliphatic rings. The number of rotatable bonds is 7. The van der Waals surface area contributed by atoms with E-state index in [-0.39, 0.29) is 24.5 Å². The number of benzene rings is 1. The second-order valence-corrected chi connectivity index (χ2v) is 6.79. The van der Waals surface area contributed by atoms with Gasteiger partial charge in [-0.1, -0.05) is 43.2 Å². The third-order valence-electron chi connectivity index (χ3n) is 4.10. The van der Waals surface area contributed by atoms with Crippen LogP contribution in [-0.2, 0) is 11.2 Å². The first-order chi connectivity index (χ1) is 10.3. The predicted molar refractivity (Wildman–Crippen MR) is 88.4 cm³/mol. The van der Waals surface area contributed by atoms with Crippen LogP contribution in [0.3, 0.4) is 0 Å². The molecule has 2 atom stereocenters. The third-order valence-corrected chi connectivity index (χ3v) is 5.06. The number of carbonyl (C=O) groups excluding carboxylic acids is 1. The first kappa shape index (κ1) is 16.4. The van der Waals surface area contributed by atoms with Gasteiger partial charge in [0, 0.05) is 18.6 Å². The van der Waals surface area contributed by atoms with Crippen LogP contribution in [0.1, 0.15) is 31.2 Å². The zero-order chi connectivity index (χ0) is 14.9. The van der Waals surface area contributed by atoms with Gasteiger partial charge in [0.2, 0.25) is 5.91 Å². The molecule has 4 heteroatoms. The van der Waals surface area contributed by atoms with E-state index in [1.165, 1.54) is 12.0 Å². The lowest BCUT2D eigenvalue weighted by Gasteiger charge is -2.30. The Labute approximate surface area is 131 Å². The number of hydrogen-bond donors (Lipinski definition) is 2. The number of hydrogen-bond acceptors (Lipinski definition) is 3. The lowest BCUT2D eigenvalue weighted by atomic mass is 9.85. The Hall–Kier alpha value is -1.00. The van der Waals surface area contributed by atoms with Crippen molar-refractivity contribution in [1.29, 1.82) is 0 Å². The maximum Gasteiger partial charge on any atom is 0.230 e. The minimum atomic E-state index is 0.110. The van der Waals surface area contributed by atoms with Gasteiger partial charge in [0.05, 0.1) is 5.75 Å². The quantitative estimate of drug-likeness (QED) is 0.761. The number of amides is 1. The van der Waals surface area contributed by atoms with E-state index in [0.717, 1.165) is 31.4 Å². The molecule has 1 aromatic rings. The number of aliphatic hydroxyl groups is 1. The summed E-state index contributed by atoms with van der Waals surface area (Å²) in [6.45, 7) is 0.187. The highest BCUT2D eigenvalue weighted by Crippen LogP contribution is 2.24. The molecule has 1 saturated carbocycles. The van der Waals surface area contributed by atoms with Crippen LogP contribution in [-0.4, -0.2) is 35.2 Å². The van der Waals surface area contributed by atoms with Crippen molar-refractivity contribution >= 4 is 17.7 Å². The van der Waals surface area contributed by atoms with E-state index in [4.69, 9.17) is 0 Å². The summed E-state index contributed by atoms with van der Waals surface area (Å²) in [6, 6.07) is 10.5. The molecule has 1 aromatic carbocycles. The Morgan fingerprint density at radius 3 is 2.76 bits per heavy atom. The first-order valence-corrected chi connectivity index (χ1v) is 8.97. The zero-order valence-electron chi connectivity index (χ0n) is 12.5. The SMILES string of the molecule is O=C(CSCCc1ccccc1)NC1CCCCC1CO. The van der Waals surface area contributed by atoms with Gasteiger partial charge in [0.25, 0.3) is 0 Å². The predicted octanol–water partition coefficient (Wildman–Crippen LogP) is 2.63. The second kappa shape index (κ2) is 9.11. The van der Waals surface area contributed by atoms with Gasteiger partial charge < -0.3 is 10.4 Å². The van der Waals surface area contributed by atoms with Crippen LogP contribution in [0.5, 0.6) is 0 Å². The van der Waals surface area contributed by atoms with E-state index >= 15 is 0 Å². The van der Waals surface area contributed by atoms with E-state index in [1.807, 2.05) is 18.2 Å². The number of aryl methyl sites for hydroxylation is 1. The second-order valence-electron chi connectivity index (χ2n) is 5.69. The van der Waals surface area contributed by atoms with Crippen LogP contribution in [0.15, 0.2) is 30.3 Å². The maximum absolute atomic E-state index is 12.0. The average molecular weight is 307 g/mol. The van der Waals surface area contributed by atoms with Gasteiger partial charge in [-0.25, -0.2) is 0 Å². The van der Waals surface area contributed by atoms with Crippen LogP contribution >= 0.6 is 11.8 Å². The highest BCUT2D eigenvalue weighted by atomic mass is 32.2. The minimum Gasteiger partial charge on any atom is -0.396 e. The van der Waals surface area contributed by atoms with Crippen molar-refractivity contribution in [3.63, 3.8) is 0 Å². The summed E-state index contributed by atoms with van der Waals surface area (Å²) in [5, 5.41) is 12.5. The first-order valence-electron chi connectivity index (χ1n) is 7.81. The standard InChI is InChI=1S/C17H25NO2S/c19-12-15-8-4-5-9-16(15)18-17(20)13-21-11-10-14-6-2-1-3-7-14/h1-3,6-7,15-16,19H,4-5,8-13H2,(H,18,20). The van der Waals surface area contributed by atoms with Crippen molar-refractivity contribution in [2.24, 2.45) is 5.92 Å². The van der Waals surface area contributed by atoms with Crippen molar-refractivity contribution in [3.05, 3.63) is 35.9 Å². The maximum atomic E-state index is 12.0. The highest BCUT2D eigenvalue weighted by molar-refractivity contribution is 7.99. The van der Waals surface area contributed by atoms with Gasteiger partial charge in [-0.15, -0.1) is 0 Å². The fourth-order valence-corrected chi connectivity index (χ4v) is 3.66. The monoisotopic (exact) mass is 307 g/mol. The van der Waals surface area contributed by atoms with Crippen molar-refractivity contribution in [2.45, 2.75) is 38.1 Å². The molecule has 0 heterocycles. The van der Waals surface area contributed by atoms with E-state index in [9.17, 15) is 9.90 Å². The topological polar surface area (TPSA) is 49.3 Å². The van der Waals surface area contributed by atoms with Gasteiger partial charge in [0.15, 0.2) is 0 Å². The Balaban J connectivity index is 1.63. The molecule has 1 aliphatic carbocycles. The van der Waals surface area contributed by atoms with E-state index < -0.39 is 0 Å². The largest absolute Gasteiger partial charge is 0.396 e. The van der Waals surface area contributed by atoms with Crippen LogP contribution in [0, 0.1) is 5.92 Å². The summed E-state index contributed by atoms with van der Waals surface area (Å²) in [5.41, 5.74) is 1.32. The normalized spacial score (nSPS) is 22.0. The molecular weight excluding hydrogens is 282 g/mol. The highest BCUT2D eigenvalue weighted by Gasteiger charge is 2.25. The Morgan fingerprint density at radius 2 is 2.00 bits per heavy atom. The summed E-state index contributed by atoms with van der Waals surface area (Å²) >= 11 is 1.68. The molecule has 0 bridgehead atoms. The summed E-state index contributed by atoms with van der Waals surface area (Å²) in [6.07, 6.45) is 5.36. The van der Waals surface area contributed by atoms with Crippen LogP contribution in [0.2, 0.25) is 0 Å². The molecule has 116 valence electrons. The molecule has 0 radical (unpaired) electrons. The Kier molecular flexibility index (Phi) is 7.10. The van der Waals surface area contributed by atoms with E-state index in [0.29, 0.717) is 5.75 Å². The molecule has 0 aliphatic heterocycles. The van der Waals surface area contributed by atoms with Crippen molar-refractivity contribution < 1.29 is 9.90 Å². The van der Waals surface area contributed by atoms with Gasteiger partial charge in [-0.2, -0.15) is 11.8 Å². The molecule has 0 saturated heterocycles. The van der Waals surface area contributed by atoms with E-state index in [2.05, 4.69) is 17.4 Å². The van der Waals surface area contributed by atoms with Gasteiger partial charge >= 0.3 is 0 Å². The molecule has 2 unspecified atom stereocenters. The van der Waals surface area contributed by atoms with Gasteiger partial charge in [-0.3, -0.25) is 4.79 Å². The number of nitrogens with one attached hydrogen (secondary N) is 1. The lowest BCUT2D eigenvalue weighted by molar-refractivity contribution is -0.120. The summed E-state index contributed by atoms with van der Waals surface area (Å²) < 4.78 is 0. The minimum absolute atomic E-state index is 0.110. The molecule has 1 fully saturated rings. The molecule has 21 heavy (non-hydrogen) atoms. The smallest absolute Gasteiger partial charge is 0.230 e. The Morgan fingerprint density at radius 1 is 1.24 bits per heavy atom. The lowest BCUT2D eigenvalue weighted by Crippen LogP contribution is -2.44. The molecule has 0 spiro atoms. The van der Waals surface area contributed by atoms with Gasteiger partial charge in [-0.05, 0) is 30.6 Å². The average Bonchev–Trinajstić information content (AvgIpc) is 2.53. The molecule has 1 amide bonds. The summed E-state index contributed by atoms with van der Waals surface area (Å²) in [5.74, 6) is 1.84. The van der Waals surface area contributed by atoms with Crippen molar-refractivity contribution in [3.8, 4) is 0 Å². The van der Waals surface area contributed by atoms with E-state index in [1.54, 1.807) is 11.8 Å². The van der Waals surface area contributed by atoms with Crippen LogP contribution in [0.4, 0.5) is 0 Å². The van der Waals surface area contributed by atoms with Crippen LogP contribution < -0.4 is 5.32 Å². The van der Waals surface area contributed by atoms with Gasteiger partial charge in [0.1, 0.15) is 0 Å². The fraction of sp³-hybridized carbons (Fsp3) is 0.588. The summed E-state index contributed by atoms with van der Waals surface area (Å²) in [4.78, 5) is 12.0. The van der Waals surface area contributed by atoms with Crippen molar-refractivity contribution in [2.75, 3.05) is 18.1 Å². The number of aliphatic hydroxyl groups excluding tert-OH is 1. The summed E-state index contributed by atoms with van der Waals surface area (Å²) in [7, 11) is 0. The number of carbonyl (C=O) groups is 1. The fourth-order valence-electron chi connectivity index (χ4n) is 2.86. The van der Waals surface area contributed by atoms with Crippen molar-refractivity contribution in [1.82, 2.24) is 5.32 Å². The molecule has 3 nitrogen and oxygen atoms in total. The zero-order valence-corrected chi connectivity index (χ0v) is 13.3. The van der Waals surface area contributed by atoms with Crippen LogP contribution in [0.25, 0.3) is 0 Å². The third kappa shape index (κ3) is 5.71. The molecule has 2 rings (SSSR count). The molecular formula is C17H25NO2S. The molecule has 2 N–H and O–H groups in total. The molecule has 0 aromatic heterocycles. The Bertz CT molecular complexity index is 424. The number of thioether (sulfide) groups is 1.